The molecule has 0 spiro atoms. The highest BCUT2D eigenvalue weighted by atomic mass is 79.9. The summed E-state index contributed by atoms with van der Waals surface area (Å²) in [6.07, 6.45) is 4.90. The molecule has 0 aliphatic heterocycles. The minimum Gasteiger partial charge on any atom is -0.298 e. The molecule has 12 heavy (non-hydrogen) atoms. The molecule has 0 amide bonds. The van der Waals surface area contributed by atoms with E-state index < -0.39 is 0 Å². The third-order valence-electron chi connectivity index (χ3n) is 1.31. The Balaban J connectivity index is 3.22. The number of hydrogen-bond acceptors (Lipinski definition) is 4. The maximum Gasteiger partial charge on any atom is 0.153 e. The molecular formula is C7H7BrOS3. The topological polar surface area (TPSA) is 17.1 Å². The molecule has 0 N–H and O–H groups in total. The van der Waals surface area contributed by atoms with Gasteiger partial charge in [0.15, 0.2) is 6.29 Å². The number of rotatable bonds is 3. The van der Waals surface area contributed by atoms with Crippen LogP contribution in [0.25, 0.3) is 0 Å². The van der Waals surface area contributed by atoms with E-state index in [2.05, 4.69) is 15.9 Å². The Kier molecular flexibility index (Phi) is 4.16. The van der Waals surface area contributed by atoms with Gasteiger partial charge in [0, 0.05) is 0 Å². The van der Waals surface area contributed by atoms with Crippen molar-refractivity contribution in [3.8, 4) is 0 Å². The van der Waals surface area contributed by atoms with Gasteiger partial charge in [0.25, 0.3) is 0 Å². The van der Waals surface area contributed by atoms with E-state index in [1.165, 1.54) is 4.21 Å². The molecule has 0 saturated carbocycles. The molecule has 0 aliphatic rings. The van der Waals surface area contributed by atoms with Crippen molar-refractivity contribution in [3.63, 3.8) is 0 Å². The fraction of sp³-hybridized carbons (Fsp3) is 0.286. The number of carbonyl (C=O) groups is 1. The molecule has 0 radical (unpaired) electrons. The SMILES string of the molecule is CSc1sc(SC)c(C=O)c1Br. The minimum atomic E-state index is 0.789. The molecule has 1 nitrogen and oxygen atoms in total. The predicted molar refractivity (Wildman–Crippen MR) is 61.0 cm³/mol. The number of thiophene rings is 1. The van der Waals surface area contributed by atoms with Gasteiger partial charge in [-0.3, -0.25) is 4.79 Å². The molecule has 0 aromatic carbocycles. The highest BCUT2D eigenvalue weighted by molar-refractivity contribution is 9.10. The molecule has 0 unspecified atom stereocenters. The van der Waals surface area contributed by atoms with Crippen molar-refractivity contribution in [1.82, 2.24) is 0 Å². The number of thioether (sulfide) groups is 2. The molecule has 1 rings (SSSR count). The monoisotopic (exact) mass is 282 g/mol. The average molecular weight is 283 g/mol. The summed E-state index contributed by atoms with van der Waals surface area (Å²) in [5.74, 6) is 0. The Morgan fingerprint density at radius 2 is 1.92 bits per heavy atom. The van der Waals surface area contributed by atoms with Gasteiger partial charge in [-0.2, -0.15) is 0 Å². The van der Waals surface area contributed by atoms with Gasteiger partial charge < -0.3 is 0 Å². The summed E-state index contributed by atoms with van der Waals surface area (Å²) in [5, 5.41) is 0. The number of carbonyl (C=O) groups excluding carboxylic acids is 1. The van der Waals surface area contributed by atoms with E-state index in [1.54, 1.807) is 34.9 Å². The molecule has 1 heterocycles. The predicted octanol–water partition coefficient (Wildman–Crippen LogP) is 3.77. The molecule has 1 aromatic heterocycles. The van der Waals surface area contributed by atoms with Crippen LogP contribution in [0.5, 0.6) is 0 Å². The van der Waals surface area contributed by atoms with Gasteiger partial charge in [-0.25, -0.2) is 0 Å². The number of hydrogen-bond donors (Lipinski definition) is 0. The van der Waals surface area contributed by atoms with E-state index in [0.717, 1.165) is 20.5 Å². The Hall–Kier alpha value is 0.550. The van der Waals surface area contributed by atoms with Crippen LogP contribution in [0.3, 0.4) is 0 Å². The zero-order valence-corrected chi connectivity index (χ0v) is 10.6. The summed E-state index contributed by atoms with van der Waals surface area (Å²) in [6, 6.07) is 0. The lowest BCUT2D eigenvalue weighted by Gasteiger charge is -1.89. The second kappa shape index (κ2) is 4.69. The van der Waals surface area contributed by atoms with Gasteiger partial charge in [-0.15, -0.1) is 34.9 Å². The Morgan fingerprint density at radius 3 is 2.25 bits per heavy atom. The summed E-state index contributed by atoms with van der Waals surface area (Å²) in [6.45, 7) is 0. The summed E-state index contributed by atoms with van der Waals surface area (Å²) in [5.41, 5.74) is 0.789. The van der Waals surface area contributed by atoms with Crippen LogP contribution in [0.15, 0.2) is 12.9 Å². The smallest absolute Gasteiger partial charge is 0.153 e. The summed E-state index contributed by atoms with van der Waals surface area (Å²) < 4.78 is 3.20. The number of halogens is 1. The third-order valence-corrected chi connectivity index (χ3v) is 6.12. The maximum absolute atomic E-state index is 10.7. The number of aldehydes is 1. The van der Waals surface area contributed by atoms with E-state index in [4.69, 9.17) is 0 Å². The van der Waals surface area contributed by atoms with Gasteiger partial charge in [-0.05, 0) is 28.4 Å². The van der Waals surface area contributed by atoms with Crippen LogP contribution in [-0.2, 0) is 0 Å². The average Bonchev–Trinajstić information content (AvgIpc) is 2.41. The third kappa shape index (κ3) is 1.89. The van der Waals surface area contributed by atoms with E-state index in [1.807, 2.05) is 12.5 Å². The van der Waals surface area contributed by atoms with Crippen molar-refractivity contribution in [3.05, 3.63) is 10.0 Å². The van der Waals surface area contributed by atoms with E-state index in [0.29, 0.717) is 0 Å². The fourth-order valence-corrected chi connectivity index (χ4v) is 4.66. The van der Waals surface area contributed by atoms with Crippen LogP contribution in [0.2, 0.25) is 0 Å². The van der Waals surface area contributed by atoms with Crippen LogP contribution >= 0.6 is 50.8 Å². The Labute approximate surface area is 92.4 Å². The van der Waals surface area contributed by atoms with Crippen molar-refractivity contribution in [2.75, 3.05) is 12.5 Å². The first-order chi connectivity index (χ1) is 5.74. The molecule has 0 saturated heterocycles. The van der Waals surface area contributed by atoms with E-state index >= 15 is 0 Å². The molecule has 0 aliphatic carbocycles. The Morgan fingerprint density at radius 1 is 1.33 bits per heavy atom. The van der Waals surface area contributed by atoms with Crippen molar-refractivity contribution in [2.45, 2.75) is 8.42 Å². The van der Waals surface area contributed by atoms with Crippen molar-refractivity contribution in [1.29, 1.82) is 0 Å². The van der Waals surface area contributed by atoms with Crippen LogP contribution in [0.1, 0.15) is 10.4 Å². The first-order valence-electron chi connectivity index (χ1n) is 3.10. The van der Waals surface area contributed by atoms with Crippen LogP contribution in [0, 0.1) is 0 Å². The molecule has 66 valence electrons. The Bertz CT molecular complexity index is 295. The van der Waals surface area contributed by atoms with Gasteiger partial charge in [0.2, 0.25) is 0 Å². The second-order valence-corrected chi connectivity index (χ2v) is 5.89. The lowest BCUT2D eigenvalue weighted by molar-refractivity contribution is 0.112. The maximum atomic E-state index is 10.7. The molecule has 1 aromatic rings. The lowest BCUT2D eigenvalue weighted by atomic mass is 10.4. The van der Waals surface area contributed by atoms with Crippen molar-refractivity contribution in [2.24, 2.45) is 0 Å². The molecule has 5 heteroatoms. The van der Waals surface area contributed by atoms with Crippen LogP contribution < -0.4 is 0 Å². The highest BCUT2D eigenvalue weighted by Gasteiger charge is 2.13. The van der Waals surface area contributed by atoms with Crippen molar-refractivity contribution >= 4 is 57.1 Å². The molecular weight excluding hydrogens is 276 g/mol. The first kappa shape index (κ1) is 10.6. The quantitative estimate of drug-likeness (QED) is 0.621. The summed E-state index contributed by atoms with van der Waals surface area (Å²) in [4.78, 5) is 10.7. The van der Waals surface area contributed by atoms with Gasteiger partial charge in [-0.1, -0.05) is 0 Å². The zero-order valence-electron chi connectivity index (χ0n) is 6.59. The van der Waals surface area contributed by atoms with Gasteiger partial charge in [0.1, 0.15) is 0 Å². The van der Waals surface area contributed by atoms with Gasteiger partial charge in [0.05, 0.1) is 18.5 Å². The van der Waals surface area contributed by atoms with Crippen molar-refractivity contribution < 1.29 is 4.79 Å². The first-order valence-corrected chi connectivity index (χ1v) is 7.16. The highest BCUT2D eigenvalue weighted by Crippen LogP contribution is 2.42. The van der Waals surface area contributed by atoms with E-state index in [9.17, 15) is 4.79 Å². The van der Waals surface area contributed by atoms with Gasteiger partial charge >= 0.3 is 0 Å². The standard InChI is InChI=1S/C7H7BrOS3/c1-10-6-4(3-9)5(8)7(11-2)12-6/h3H,1-2H3. The molecule has 0 atom stereocenters. The second-order valence-electron chi connectivity index (χ2n) is 1.93. The summed E-state index contributed by atoms with van der Waals surface area (Å²) >= 11 is 8.34. The van der Waals surface area contributed by atoms with Crippen LogP contribution in [0.4, 0.5) is 0 Å². The van der Waals surface area contributed by atoms with E-state index in [-0.39, 0.29) is 0 Å². The molecule has 0 bridgehead atoms. The minimum absolute atomic E-state index is 0.789. The zero-order chi connectivity index (χ0) is 9.14. The molecule has 0 fully saturated rings. The summed E-state index contributed by atoms with van der Waals surface area (Å²) in [7, 11) is 0. The van der Waals surface area contributed by atoms with Crippen LogP contribution in [-0.4, -0.2) is 18.8 Å². The normalized spacial score (nSPS) is 10.2. The lowest BCUT2D eigenvalue weighted by Crippen LogP contribution is -1.77. The largest absolute Gasteiger partial charge is 0.298 e. The fourth-order valence-electron chi connectivity index (χ4n) is 0.766.